The Labute approximate surface area is 384 Å². The maximum Gasteiger partial charge on any atom is 0.142 e. The van der Waals surface area contributed by atoms with Gasteiger partial charge in [0.25, 0.3) is 0 Å². The number of furan rings is 1. The first kappa shape index (κ1) is 30.2. The molecular weight excluding hydrogens is 775 g/mol. The molecule has 3 aliphatic rings. The van der Waals surface area contributed by atoms with Crippen LogP contribution < -0.4 is 4.90 Å². The summed E-state index contributed by atoms with van der Waals surface area (Å²) in [5.41, 5.74) is 11.3. The Morgan fingerprint density at radius 1 is 0.406 bits per heavy atom. The molecule has 10 aromatic rings. The van der Waals surface area contributed by atoms with E-state index < -0.39 is 17.5 Å². The van der Waals surface area contributed by atoms with Crippen molar-refractivity contribution in [1.29, 1.82) is 0 Å². The minimum absolute atomic E-state index is 0.0756. The Bertz CT molecular complexity index is 3870. The van der Waals surface area contributed by atoms with Crippen LogP contribution >= 0.6 is 0 Å². The first-order valence-corrected chi connectivity index (χ1v) is 21.8. The fourth-order valence-corrected chi connectivity index (χ4v) is 10.9. The van der Waals surface area contributed by atoms with Gasteiger partial charge in [0.15, 0.2) is 0 Å². The Hall–Kier alpha value is -7.94. The minimum atomic E-state index is -1.62. The average Bonchev–Trinajstić information content (AvgIpc) is 4.12. The van der Waals surface area contributed by atoms with Gasteiger partial charge < -0.3 is 9.32 Å². The molecule has 3 aliphatic carbocycles. The van der Waals surface area contributed by atoms with E-state index in [4.69, 9.17) is 5.79 Å². The summed E-state index contributed by atoms with van der Waals surface area (Å²) in [4.78, 5) is 1.92. The van der Waals surface area contributed by atoms with Gasteiger partial charge in [-0.3, -0.25) is 0 Å². The summed E-state index contributed by atoms with van der Waals surface area (Å²) in [5, 5.41) is 0. The van der Waals surface area contributed by atoms with Crippen LogP contribution in [-0.2, 0) is 10.8 Å². The summed E-state index contributed by atoms with van der Waals surface area (Å²) in [6.45, 7) is 4.44. The monoisotopic (exact) mass is 824 g/mol. The van der Waals surface area contributed by atoms with Crippen molar-refractivity contribution in [2.45, 2.75) is 24.7 Å². The van der Waals surface area contributed by atoms with Crippen LogP contribution in [-0.4, -0.2) is 0 Å². The Balaban J connectivity index is 1.17. The second kappa shape index (κ2) is 13.8. The molecule has 0 N–H and O–H groups in total. The zero-order chi connectivity index (χ0) is 48.7. The fraction of sp³-hybridized carbons (Fsp3) is 0.0645. The highest BCUT2D eigenvalue weighted by Crippen LogP contribution is 2.67. The molecule has 1 aromatic heterocycles. The van der Waals surface area contributed by atoms with E-state index in [1.54, 1.807) is 0 Å². The second-order valence-electron chi connectivity index (χ2n) is 17.4. The third-order valence-electron chi connectivity index (χ3n) is 13.7. The molecule has 2 nitrogen and oxygen atoms in total. The number of nitrogens with zero attached hydrogens (tertiary/aromatic N) is 1. The second-order valence-corrected chi connectivity index (χ2v) is 17.4. The van der Waals surface area contributed by atoms with E-state index >= 15 is 0 Å². The number of hydrogen-bond donors (Lipinski definition) is 0. The highest BCUT2D eigenvalue weighted by atomic mass is 16.3. The maximum atomic E-state index is 11.0. The normalized spacial score (nSPS) is 17.1. The van der Waals surface area contributed by atoms with Crippen molar-refractivity contribution >= 4 is 17.1 Å². The molecule has 0 amide bonds. The smallest absolute Gasteiger partial charge is 0.142 e. The lowest BCUT2D eigenvalue weighted by Gasteiger charge is -2.32. The molecule has 0 bridgehead atoms. The number of benzene rings is 9. The standard InChI is InChI=1S/C62H43NO/c1-61(2)52-27-15-12-24-47(52)49-36-34-45(38-55(49)61)63(44-32-30-41(31-33-44)40-18-6-3-7-19-40)46-35-37-50-48-25-13-16-28-53(48)62(56(50)39-46)54-29-17-14-26-51(54)57-58(62)60(43-22-10-5-11-23-43)64-59(57)42-20-8-4-9-21-42/h3-39H,1-2H3/i13D,16D,25D,28D,35D,37D,39D. The summed E-state index contributed by atoms with van der Waals surface area (Å²) < 4.78 is 76.6. The van der Waals surface area contributed by atoms with E-state index in [0.29, 0.717) is 39.6 Å². The first-order chi connectivity index (χ1) is 34.4. The SMILES string of the molecule is [2H]c1c([2H])c([2H])c2c(c1[2H])-c1c([2H])c([2H])c(N(c3ccc(-c4ccccc4)cc3)c3ccc4c(c3)C(C)(C)c3ccccc3-4)c([2H])c1C21c2ccccc2-c2c(-c3ccccc3)oc(-c3ccccc3)c21. The van der Waals surface area contributed by atoms with Crippen LogP contribution in [0.15, 0.2) is 229 Å². The first-order valence-electron chi connectivity index (χ1n) is 25.3. The zero-order valence-corrected chi connectivity index (χ0v) is 35.2. The number of fused-ring (bicyclic) bond motifs is 13. The van der Waals surface area contributed by atoms with E-state index in [1.165, 1.54) is 5.56 Å². The summed E-state index contributed by atoms with van der Waals surface area (Å²) in [7, 11) is 0. The number of rotatable bonds is 6. The third kappa shape index (κ3) is 5.08. The highest BCUT2D eigenvalue weighted by Gasteiger charge is 2.55. The predicted octanol–water partition coefficient (Wildman–Crippen LogP) is 16.4. The fourth-order valence-electron chi connectivity index (χ4n) is 10.9. The lowest BCUT2D eigenvalue weighted by molar-refractivity contribution is 0.588. The Kier molecular flexibility index (Phi) is 6.50. The molecule has 64 heavy (non-hydrogen) atoms. The number of anilines is 3. The molecular formula is C62H43NO. The predicted molar refractivity (Wildman–Crippen MR) is 264 cm³/mol. The van der Waals surface area contributed by atoms with Crippen LogP contribution in [0.2, 0.25) is 0 Å². The molecule has 0 saturated heterocycles. The van der Waals surface area contributed by atoms with Gasteiger partial charge in [0.05, 0.1) is 15.0 Å². The topological polar surface area (TPSA) is 16.4 Å². The van der Waals surface area contributed by atoms with Gasteiger partial charge >= 0.3 is 0 Å². The van der Waals surface area contributed by atoms with Crippen molar-refractivity contribution in [3.05, 3.63) is 258 Å². The van der Waals surface area contributed by atoms with Crippen molar-refractivity contribution in [2.24, 2.45) is 0 Å². The lowest BCUT2D eigenvalue weighted by Crippen LogP contribution is -2.26. The molecule has 302 valence electrons. The molecule has 2 heteroatoms. The van der Waals surface area contributed by atoms with Crippen molar-refractivity contribution in [1.82, 2.24) is 0 Å². The molecule has 1 spiro atoms. The molecule has 0 radical (unpaired) electrons. The quantitative estimate of drug-likeness (QED) is 0.166. The molecule has 1 atom stereocenters. The minimum Gasteiger partial charge on any atom is -0.455 e. The van der Waals surface area contributed by atoms with Gasteiger partial charge in [-0.15, -0.1) is 0 Å². The van der Waals surface area contributed by atoms with Gasteiger partial charge in [-0.2, -0.15) is 0 Å². The summed E-state index contributed by atoms with van der Waals surface area (Å²) >= 11 is 0. The van der Waals surface area contributed by atoms with E-state index in [0.717, 1.165) is 50.1 Å². The van der Waals surface area contributed by atoms with Crippen molar-refractivity contribution in [3.63, 3.8) is 0 Å². The van der Waals surface area contributed by atoms with Gasteiger partial charge in [0.2, 0.25) is 0 Å². The van der Waals surface area contributed by atoms with E-state index in [2.05, 4.69) is 62.4 Å². The van der Waals surface area contributed by atoms with E-state index in [-0.39, 0.29) is 58.0 Å². The molecule has 13 rings (SSSR count). The number of hydrogen-bond acceptors (Lipinski definition) is 2. The van der Waals surface area contributed by atoms with Crippen molar-refractivity contribution in [2.75, 3.05) is 4.90 Å². The van der Waals surface area contributed by atoms with Crippen LogP contribution in [0.25, 0.3) is 67.2 Å². The lowest BCUT2D eigenvalue weighted by atomic mass is 9.70. The Morgan fingerprint density at radius 3 is 1.70 bits per heavy atom. The van der Waals surface area contributed by atoms with Crippen LogP contribution in [0.1, 0.15) is 56.8 Å². The zero-order valence-electron chi connectivity index (χ0n) is 42.2. The van der Waals surface area contributed by atoms with Gasteiger partial charge in [-0.05, 0) is 103 Å². The molecule has 1 unspecified atom stereocenters. The van der Waals surface area contributed by atoms with Crippen LogP contribution in [0, 0.1) is 0 Å². The summed E-state index contributed by atoms with van der Waals surface area (Å²) in [6, 6.07) is 58.3. The van der Waals surface area contributed by atoms with Crippen molar-refractivity contribution in [3.8, 4) is 67.2 Å². The molecule has 9 aromatic carbocycles. The summed E-state index contributed by atoms with van der Waals surface area (Å²) in [6.07, 6.45) is 0. The van der Waals surface area contributed by atoms with Gasteiger partial charge in [0.1, 0.15) is 11.5 Å². The molecule has 0 saturated carbocycles. The van der Waals surface area contributed by atoms with Crippen LogP contribution in [0.5, 0.6) is 0 Å². The largest absolute Gasteiger partial charge is 0.455 e. The van der Waals surface area contributed by atoms with Gasteiger partial charge in [0, 0.05) is 44.7 Å². The molecule has 1 heterocycles. The van der Waals surface area contributed by atoms with Gasteiger partial charge in [-0.25, -0.2) is 0 Å². The van der Waals surface area contributed by atoms with Gasteiger partial charge in [-0.1, -0.05) is 202 Å². The Morgan fingerprint density at radius 2 is 0.969 bits per heavy atom. The van der Waals surface area contributed by atoms with Crippen LogP contribution in [0.4, 0.5) is 17.1 Å². The maximum absolute atomic E-state index is 11.0. The molecule has 0 fully saturated rings. The van der Waals surface area contributed by atoms with E-state index in [1.807, 2.05) is 138 Å². The van der Waals surface area contributed by atoms with Crippen LogP contribution in [0.3, 0.4) is 0 Å². The van der Waals surface area contributed by atoms with E-state index in [9.17, 15) is 8.22 Å². The average molecular weight is 825 g/mol. The third-order valence-corrected chi connectivity index (χ3v) is 13.7. The summed E-state index contributed by atoms with van der Waals surface area (Å²) in [5.74, 6) is 1.06. The highest BCUT2D eigenvalue weighted by molar-refractivity contribution is 6.03. The van der Waals surface area contributed by atoms with Crippen molar-refractivity contribution < 1.29 is 14.0 Å². The molecule has 0 aliphatic heterocycles.